The maximum Gasteiger partial charge on any atom is 0.331 e. The number of hydrogen-bond donors (Lipinski definition) is 2. The van der Waals surface area contributed by atoms with Crippen molar-refractivity contribution in [3.63, 3.8) is 0 Å². The van der Waals surface area contributed by atoms with Crippen LogP contribution in [0.25, 0.3) is 0 Å². The van der Waals surface area contributed by atoms with Crippen LogP contribution in [0.4, 0.5) is 0 Å². The smallest absolute Gasteiger partial charge is 0.331 e. The first kappa shape index (κ1) is 16.8. The second-order valence-electron chi connectivity index (χ2n) is 4.91. The van der Waals surface area contributed by atoms with Gasteiger partial charge in [0.05, 0.1) is 14.2 Å². The van der Waals surface area contributed by atoms with Gasteiger partial charge in [-0.25, -0.2) is 4.79 Å². The Kier molecular flexibility index (Phi) is 5.58. The van der Waals surface area contributed by atoms with Crippen molar-refractivity contribution in [2.24, 2.45) is 0 Å². The van der Waals surface area contributed by atoms with Crippen molar-refractivity contribution < 1.29 is 24.2 Å². The first-order valence-electron chi connectivity index (χ1n) is 6.66. The lowest BCUT2D eigenvalue weighted by Gasteiger charge is -2.27. The maximum absolute atomic E-state index is 12.2. The summed E-state index contributed by atoms with van der Waals surface area (Å²) in [6.07, 6.45) is 1.16. The normalized spacial score (nSPS) is 13.1. The van der Waals surface area contributed by atoms with Gasteiger partial charge in [-0.2, -0.15) is 0 Å². The lowest BCUT2D eigenvalue weighted by atomic mass is 9.95. The zero-order chi connectivity index (χ0) is 16.0. The van der Waals surface area contributed by atoms with Gasteiger partial charge < -0.3 is 19.9 Å². The van der Waals surface area contributed by atoms with Gasteiger partial charge in [0, 0.05) is 5.56 Å². The summed E-state index contributed by atoms with van der Waals surface area (Å²) in [6, 6.07) is 4.29. The summed E-state index contributed by atoms with van der Waals surface area (Å²) in [5, 5.41) is 12.4. The molecule has 0 aromatic heterocycles. The molecule has 1 rings (SSSR count). The molecule has 0 aliphatic carbocycles. The van der Waals surface area contributed by atoms with E-state index in [1.165, 1.54) is 32.4 Å². The van der Waals surface area contributed by atoms with Crippen LogP contribution in [0, 0.1) is 0 Å². The van der Waals surface area contributed by atoms with Gasteiger partial charge in [0.15, 0.2) is 11.5 Å². The average Bonchev–Trinajstić information content (AvgIpc) is 2.46. The minimum absolute atomic E-state index is 0.139. The van der Waals surface area contributed by atoms with Crippen molar-refractivity contribution >= 4 is 11.9 Å². The molecular weight excluding hydrogens is 274 g/mol. The number of benzene rings is 1. The van der Waals surface area contributed by atoms with Crippen LogP contribution in [-0.4, -0.2) is 36.7 Å². The van der Waals surface area contributed by atoms with E-state index in [4.69, 9.17) is 9.47 Å². The highest BCUT2D eigenvalue weighted by Crippen LogP contribution is 2.26. The number of carbonyl (C=O) groups excluding carboxylic acids is 2. The summed E-state index contributed by atoms with van der Waals surface area (Å²) in [7, 11) is 2.70. The summed E-state index contributed by atoms with van der Waals surface area (Å²) in [4.78, 5) is 24.1. The molecule has 0 bridgehead atoms. The second-order valence-corrected chi connectivity index (χ2v) is 4.91. The van der Waals surface area contributed by atoms with E-state index in [-0.39, 0.29) is 17.1 Å². The van der Waals surface area contributed by atoms with Crippen molar-refractivity contribution in [1.82, 2.24) is 5.32 Å². The van der Waals surface area contributed by atoms with E-state index in [2.05, 4.69) is 5.32 Å². The SMILES string of the molecule is CCCC(C)(NC(=O)c1ccc(OC)c(O)c1)C(=O)OC. The summed E-state index contributed by atoms with van der Waals surface area (Å²) in [6.45, 7) is 3.52. The minimum Gasteiger partial charge on any atom is -0.504 e. The molecule has 0 heterocycles. The molecule has 1 unspecified atom stereocenters. The average molecular weight is 295 g/mol. The van der Waals surface area contributed by atoms with Gasteiger partial charge in [-0.3, -0.25) is 4.79 Å². The lowest BCUT2D eigenvalue weighted by Crippen LogP contribution is -2.52. The lowest BCUT2D eigenvalue weighted by molar-refractivity contribution is -0.147. The van der Waals surface area contributed by atoms with E-state index < -0.39 is 17.4 Å². The molecule has 0 fully saturated rings. The molecular formula is C15H21NO5. The van der Waals surface area contributed by atoms with Crippen LogP contribution in [0.15, 0.2) is 18.2 Å². The molecule has 0 spiro atoms. The topological polar surface area (TPSA) is 84.9 Å². The van der Waals surface area contributed by atoms with Crippen molar-refractivity contribution in [3.05, 3.63) is 23.8 Å². The Morgan fingerprint density at radius 2 is 2.00 bits per heavy atom. The summed E-state index contributed by atoms with van der Waals surface area (Å²) in [5.74, 6) is -0.832. The van der Waals surface area contributed by atoms with Gasteiger partial charge in [-0.15, -0.1) is 0 Å². The number of methoxy groups -OCH3 is 2. The molecule has 1 amide bonds. The number of rotatable bonds is 6. The highest BCUT2D eigenvalue weighted by atomic mass is 16.5. The number of phenolic OH excluding ortho intramolecular Hbond substituents is 1. The van der Waals surface area contributed by atoms with Gasteiger partial charge >= 0.3 is 5.97 Å². The molecule has 1 aromatic rings. The van der Waals surface area contributed by atoms with Gasteiger partial charge in [0.25, 0.3) is 5.91 Å². The molecule has 1 aromatic carbocycles. The number of phenols is 1. The molecule has 0 saturated heterocycles. The first-order chi connectivity index (χ1) is 9.87. The fourth-order valence-corrected chi connectivity index (χ4v) is 2.09. The highest BCUT2D eigenvalue weighted by molar-refractivity contribution is 5.98. The van der Waals surface area contributed by atoms with E-state index in [0.29, 0.717) is 12.8 Å². The molecule has 2 N–H and O–H groups in total. The Bertz CT molecular complexity index is 529. The van der Waals surface area contributed by atoms with Crippen LogP contribution >= 0.6 is 0 Å². The van der Waals surface area contributed by atoms with Crippen LogP contribution in [0.1, 0.15) is 37.0 Å². The predicted molar refractivity (Wildman–Crippen MR) is 77.5 cm³/mol. The molecule has 0 radical (unpaired) electrons. The van der Waals surface area contributed by atoms with Gasteiger partial charge in [-0.05, 0) is 31.5 Å². The van der Waals surface area contributed by atoms with Crippen molar-refractivity contribution in [2.75, 3.05) is 14.2 Å². The first-order valence-corrected chi connectivity index (χ1v) is 6.66. The van der Waals surface area contributed by atoms with E-state index in [1.807, 2.05) is 6.92 Å². The Morgan fingerprint density at radius 1 is 1.33 bits per heavy atom. The molecule has 21 heavy (non-hydrogen) atoms. The Morgan fingerprint density at radius 3 is 2.48 bits per heavy atom. The number of nitrogens with one attached hydrogen (secondary N) is 1. The van der Waals surface area contributed by atoms with E-state index >= 15 is 0 Å². The standard InChI is InChI=1S/C15H21NO5/c1-5-8-15(2,14(19)21-4)16-13(18)10-6-7-12(20-3)11(17)9-10/h6-7,9,17H,5,8H2,1-4H3,(H,16,18). The highest BCUT2D eigenvalue weighted by Gasteiger charge is 2.35. The summed E-state index contributed by atoms with van der Waals surface area (Å²) in [5.41, 5.74) is -0.865. The Hall–Kier alpha value is -2.24. The van der Waals surface area contributed by atoms with Crippen LogP contribution < -0.4 is 10.1 Å². The third kappa shape index (κ3) is 3.87. The second kappa shape index (κ2) is 6.97. The van der Waals surface area contributed by atoms with Crippen molar-refractivity contribution in [1.29, 1.82) is 0 Å². The fourth-order valence-electron chi connectivity index (χ4n) is 2.09. The number of esters is 1. The summed E-state index contributed by atoms with van der Waals surface area (Å²) >= 11 is 0. The number of aromatic hydroxyl groups is 1. The monoisotopic (exact) mass is 295 g/mol. The van der Waals surface area contributed by atoms with Crippen molar-refractivity contribution in [2.45, 2.75) is 32.2 Å². The molecule has 116 valence electrons. The zero-order valence-corrected chi connectivity index (χ0v) is 12.7. The maximum atomic E-state index is 12.2. The largest absolute Gasteiger partial charge is 0.504 e. The number of amides is 1. The fraction of sp³-hybridized carbons (Fsp3) is 0.467. The number of ether oxygens (including phenoxy) is 2. The molecule has 1 atom stereocenters. The Labute approximate surface area is 124 Å². The Balaban J connectivity index is 2.97. The van der Waals surface area contributed by atoms with E-state index in [1.54, 1.807) is 6.92 Å². The number of hydrogen-bond acceptors (Lipinski definition) is 5. The van der Waals surface area contributed by atoms with Crippen molar-refractivity contribution in [3.8, 4) is 11.5 Å². The van der Waals surface area contributed by atoms with Gasteiger partial charge in [-0.1, -0.05) is 13.3 Å². The van der Waals surface area contributed by atoms with Gasteiger partial charge in [0.1, 0.15) is 5.54 Å². The molecule has 6 heteroatoms. The van der Waals surface area contributed by atoms with Gasteiger partial charge in [0.2, 0.25) is 0 Å². The molecule has 0 aliphatic heterocycles. The third-order valence-corrected chi connectivity index (χ3v) is 3.22. The van der Waals surface area contributed by atoms with Crippen LogP contribution in [-0.2, 0) is 9.53 Å². The van der Waals surface area contributed by atoms with E-state index in [0.717, 1.165) is 0 Å². The zero-order valence-electron chi connectivity index (χ0n) is 12.7. The number of carbonyl (C=O) groups is 2. The van der Waals surface area contributed by atoms with E-state index in [9.17, 15) is 14.7 Å². The predicted octanol–water partition coefficient (Wildman–Crippen LogP) is 1.86. The van der Waals surface area contributed by atoms with Crippen LogP contribution in [0.2, 0.25) is 0 Å². The minimum atomic E-state index is -1.10. The van der Waals surface area contributed by atoms with Crippen LogP contribution in [0.5, 0.6) is 11.5 Å². The van der Waals surface area contributed by atoms with Crippen LogP contribution in [0.3, 0.4) is 0 Å². The third-order valence-electron chi connectivity index (χ3n) is 3.22. The molecule has 0 saturated carbocycles. The quantitative estimate of drug-likeness (QED) is 0.782. The molecule has 6 nitrogen and oxygen atoms in total. The summed E-state index contributed by atoms with van der Waals surface area (Å²) < 4.78 is 9.66. The molecule has 0 aliphatic rings.